The third kappa shape index (κ3) is 3.59. The van der Waals surface area contributed by atoms with Crippen LogP contribution >= 0.6 is 11.6 Å². The third-order valence-corrected chi connectivity index (χ3v) is 3.05. The third-order valence-electron chi connectivity index (χ3n) is 2.81. The lowest BCUT2D eigenvalue weighted by Gasteiger charge is -2.08. The van der Waals surface area contributed by atoms with Crippen LogP contribution < -0.4 is 4.74 Å². The molecule has 0 aliphatic carbocycles. The molecule has 2 aromatic rings. The second-order valence-electron chi connectivity index (χ2n) is 4.43. The van der Waals surface area contributed by atoms with Crippen LogP contribution in [-0.2, 0) is 11.3 Å². The molecule has 3 nitrogen and oxygen atoms in total. The van der Waals surface area contributed by atoms with E-state index in [1.807, 2.05) is 13.0 Å². The van der Waals surface area contributed by atoms with Gasteiger partial charge in [0.05, 0.1) is 12.2 Å². The zero-order chi connectivity index (χ0) is 14.5. The van der Waals surface area contributed by atoms with Crippen LogP contribution in [0.1, 0.15) is 21.5 Å². The summed E-state index contributed by atoms with van der Waals surface area (Å²) >= 11 is 5.87. The monoisotopic (exact) mass is 290 g/mol. The van der Waals surface area contributed by atoms with Crippen molar-refractivity contribution in [2.45, 2.75) is 13.5 Å². The molecule has 0 aromatic heterocycles. The molecule has 104 valence electrons. The summed E-state index contributed by atoms with van der Waals surface area (Å²) in [5, 5.41) is 0.615. The summed E-state index contributed by atoms with van der Waals surface area (Å²) in [6.45, 7) is 2.30. The van der Waals surface area contributed by atoms with Crippen LogP contribution in [0, 0.1) is 6.92 Å². The molecular formula is C16H15ClO3. The lowest BCUT2D eigenvalue weighted by atomic mass is 10.1. The van der Waals surface area contributed by atoms with E-state index in [1.54, 1.807) is 43.5 Å². The predicted molar refractivity (Wildman–Crippen MR) is 78.3 cm³/mol. The quantitative estimate of drug-likeness (QED) is 0.630. The van der Waals surface area contributed by atoms with Crippen LogP contribution in [0.15, 0.2) is 42.5 Å². The molecular weight excluding hydrogens is 276 g/mol. The highest BCUT2D eigenvalue weighted by Gasteiger charge is 2.11. The number of aryl methyl sites for hydroxylation is 1. The first-order chi connectivity index (χ1) is 9.60. The maximum Gasteiger partial charge on any atom is 0.343 e. The zero-order valence-electron chi connectivity index (χ0n) is 11.4. The molecule has 0 bridgehead atoms. The van der Waals surface area contributed by atoms with Gasteiger partial charge < -0.3 is 9.47 Å². The highest BCUT2D eigenvalue weighted by atomic mass is 35.5. The van der Waals surface area contributed by atoms with Gasteiger partial charge in [0.2, 0.25) is 0 Å². The largest absolute Gasteiger partial charge is 0.423 e. The molecule has 0 fully saturated rings. The summed E-state index contributed by atoms with van der Waals surface area (Å²) in [4.78, 5) is 12.1. The van der Waals surface area contributed by atoms with Gasteiger partial charge in [0.25, 0.3) is 0 Å². The number of carbonyl (C=O) groups is 1. The first-order valence-electron chi connectivity index (χ1n) is 6.16. The Labute approximate surface area is 123 Å². The number of halogens is 1. The van der Waals surface area contributed by atoms with Crippen LogP contribution in [0.3, 0.4) is 0 Å². The highest BCUT2D eigenvalue weighted by Crippen LogP contribution is 2.23. The topological polar surface area (TPSA) is 35.5 Å². The number of carbonyl (C=O) groups excluding carboxylic acids is 1. The predicted octanol–water partition coefficient (Wildman–Crippen LogP) is 4.01. The summed E-state index contributed by atoms with van der Waals surface area (Å²) in [6, 6.07) is 12.3. The number of methoxy groups -OCH3 is 1. The minimum absolute atomic E-state index is 0.395. The second-order valence-corrected chi connectivity index (χ2v) is 4.87. The van der Waals surface area contributed by atoms with Crippen molar-refractivity contribution in [3.8, 4) is 5.75 Å². The van der Waals surface area contributed by atoms with Crippen LogP contribution in [-0.4, -0.2) is 13.1 Å². The first kappa shape index (κ1) is 14.6. The molecule has 4 heteroatoms. The van der Waals surface area contributed by atoms with E-state index in [1.165, 1.54) is 0 Å². The Balaban J connectivity index is 2.17. The van der Waals surface area contributed by atoms with E-state index in [-0.39, 0.29) is 0 Å². The molecule has 0 atom stereocenters. The van der Waals surface area contributed by atoms with Gasteiger partial charge in [-0.05, 0) is 48.4 Å². The minimum Gasteiger partial charge on any atom is -0.423 e. The van der Waals surface area contributed by atoms with Crippen molar-refractivity contribution in [2.75, 3.05) is 7.11 Å². The van der Waals surface area contributed by atoms with Crippen molar-refractivity contribution in [1.82, 2.24) is 0 Å². The Bertz CT molecular complexity index is 623. The standard InChI is InChI=1S/C16H15ClO3/c1-11-8-14(17)6-7-15(11)20-16(18)13-5-3-4-12(9-13)10-19-2/h3-9H,10H2,1-2H3. The molecule has 0 saturated carbocycles. The lowest BCUT2D eigenvalue weighted by molar-refractivity contribution is 0.0733. The highest BCUT2D eigenvalue weighted by molar-refractivity contribution is 6.30. The lowest BCUT2D eigenvalue weighted by Crippen LogP contribution is -2.09. The fourth-order valence-corrected chi connectivity index (χ4v) is 2.07. The van der Waals surface area contributed by atoms with Gasteiger partial charge in [0.15, 0.2) is 0 Å². The van der Waals surface area contributed by atoms with Crippen molar-refractivity contribution >= 4 is 17.6 Å². The average Bonchev–Trinajstić information content (AvgIpc) is 2.42. The van der Waals surface area contributed by atoms with E-state index < -0.39 is 5.97 Å². The van der Waals surface area contributed by atoms with Crippen LogP contribution in [0.25, 0.3) is 0 Å². The summed E-state index contributed by atoms with van der Waals surface area (Å²) < 4.78 is 10.4. The van der Waals surface area contributed by atoms with Gasteiger partial charge in [-0.1, -0.05) is 23.7 Å². The molecule has 0 spiro atoms. The molecule has 0 saturated heterocycles. The van der Waals surface area contributed by atoms with Crippen molar-refractivity contribution in [1.29, 1.82) is 0 Å². The van der Waals surface area contributed by atoms with E-state index in [9.17, 15) is 4.79 Å². The maximum atomic E-state index is 12.1. The summed E-state index contributed by atoms with van der Waals surface area (Å²) in [6.07, 6.45) is 0. The molecule has 0 heterocycles. The van der Waals surface area contributed by atoms with E-state index in [0.717, 1.165) is 11.1 Å². The van der Waals surface area contributed by atoms with Gasteiger partial charge in [-0.15, -0.1) is 0 Å². The normalized spacial score (nSPS) is 10.3. The molecule has 20 heavy (non-hydrogen) atoms. The van der Waals surface area contributed by atoms with Gasteiger partial charge in [0.1, 0.15) is 5.75 Å². The van der Waals surface area contributed by atoms with Gasteiger partial charge >= 0.3 is 5.97 Å². The van der Waals surface area contributed by atoms with E-state index >= 15 is 0 Å². The molecule has 2 aromatic carbocycles. The summed E-state index contributed by atoms with van der Waals surface area (Å²) in [7, 11) is 1.61. The SMILES string of the molecule is COCc1cccc(C(=O)Oc2ccc(Cl)cc2C)c1. The summed E-state index contributed by atoms with van der Waals surface area (Å²) in [5.41, 5.74) is 2.24. The molecule has 0 unspecified atom stereocenters. The Morgan fingerprint density at radius 2 is 2.00 bits per heavy atom. The number of ether oxygens (including phenoxy) is 2. The average molecular weight is 291 g/mol. The Morgan fingerprint density at radius 1 is 1.20 bits per heavy atom. The molecule has 0 amide bonds. The van der Waals surface area contributed by atoms with E-state index in [2.05, 4.69) is 0 Å². The number of benzene rings is 2. The number of esters is 1. The van der Waals surface area contributed by atoms with Crippen molar-refractivity contribution in [3.63, 3.8) is 0 Å². The molecule has 0 aliphatic heterocycles. The number of rotatable bonds is 4. The maximum absolute atomic E-state index is 12.1. The van der Waals surface area contributed by atoms with Crippen molar-refractivity contribution in [3.05, 3.63) is 64.2 Å². The van der Waals surface area contributed by atoms with Gasteiger partial charge in [-0.25, -0.2) is 4.79 Å². The fourth-order valence-electron chi connectivity index (χ4n) is 1.84. The molecule has 0 aliphatic rings. The number of hydrogen-bond donors (Lipinski definition) is 0. The fraction of sp³-hybridized carbons (Fsp3) is 0.188. The van der Waals surface area contributed by atoms with Crippen LogP contribution in [0.5, 0.6) is 5.75 Å². The van der Waals surface area contributed by atoms with Gasteiger partial charge in [-0.3, -0.25) is 0 Å². The Morgan fingerprint density at radius 3 is 2.70 bits per heavy atom. The Kier molecular flexibility index (Phi) is 4.77. The van der Waals surface area contributed by atoms with E-state index in [4.69, 9.17) is 21.1 Å². The number of hydrogen-bond acceptors (Lipinski definition) is 3. The van der Waals surface area contributed by atoms with Gasteiger partial charge in [0, 0.05) is 12.1 Å². The summed E-state index contributed by atoms with van der Waals surface area (Å²) in [5.74, 6) is 0.116. The van der Waals surface area contributed by atoms with Gasteiger partial charge in [-0.2, -0.15) is 0 Å². The first-order valence-corrected chi connectivity index (χ1v) is 6.54. The Hall–Kier alpha value is -1.84. The second kappa shape index (κ2) is 6.55. The van der Waals surface area contributed by atoms with Crippen LogP contribution in [0.2, 0.25) is 5.02 Å². The smallest absolute Gasteiger partial charge is 0.343 e. The van der Waals surface area contributed by atoms with Crippen LogP contribution in [0.4, 0.5) is 0 Å². The molecule has 2 rings (SSSR count). The van der Waals surface area contributed by atoms with Crippen molar-refractivity contribution < 1.29 is 14.3 Å². The zero-order valence-corrected chi connectivity index (χ0v) is 12.1. The van der Waals surface area contributed by atoms with Crippen molar-refractivity contribution in [2.24, 2.45) is 0 Å². The molecule has 0 N–H and O–H groups in total. The molecule has 0 radical (unpaired) electrons. The minimum atomic E-state index is -0.395. The van der Waals surface area contributed by atoms with E-state index in [0.29, 0.717) is 22.9 Å².